The van der Waals surface area contributed by atoms with Gasteiger partial charge in [-0.15, -0.1) is 0 Å². The number of ketones is 1. The van der Waals surface area contributed by atoms with Gasteiger partial charge in [-0.05, 0) is 35.4 Å². The number of carbonyl (C=O) groups excluding carboxylic acids is 1. The maximum atomic E-state index is 12.5. The van der Waals surface area contributed by atoms with Crippen LogP contribution in [0.25, 0.3) is 22.1 Å². The highest BCUT2D eigenvalue weighted by Crippen LogP contribution is 2.40. The molecule has 42 heavy (non-hydrogen) atoms. The average molecular weight is 575 g/mol. The molecule has 216 valence electrons. The third-order valence-electron chi connectivity index (χ3n) is 6.35. The van der Waals surface area contributed by atoms with Crippen molar-refractivity contribution in [3.05, 3.63) is 100 Å². The van der Waals surface area contributed by atoms with Crippen LogP contribution in [0.2, 0.25) is 0 Å². The molecule has 11 nitrogen and oxygen atoms in total. The molecule has 0 aliphatic carbocycles. The molecule has 5 aromatic rings. The molecule has 7 N–H and O–H groups in total. The Labute approximate surface area is 238 Å². The van der Waals surface area contributed by atoms with Gasteiger partial charge < -0.3 is 44.9 Å². The molecule has 1 aromatic heterocycles. The molecule has 2 heterocycles. The van der Waals surface area contributed by atoms with Gasteiger partial charge in [0.05, 0.1) is 11.5 Å². The Kier molecular flexibility index (Phi) is 8.53. The van der Waals surface area contributed by atoms with Gasteiger partial charge in [0.1, 0.15) is 69.6 Å². The zero-order valence-corrected chi connectivity index (χ0v) is 22.1. The normalized spacial score (nSPS) is 13.6. The molecule has 0 bridgehead atoms. The van der Waals surface area contributed by atoms with E-state index in [1.165, 1.54) is 42.7 Å². The van der Waals surface area contributed by atoms with E-state index in [2.05, 4.69) is 0 Å². The second-order valence-electron chi connectivity index (χ2n) is 9.02. The summed E-state index contributed by atoms with van der Waals surface area (Å²) in [4.78, 5) is 24.8. The van der Waals surface area contributed by atoms with E-state index in [0.717, 1.165) is 19.2 Å². The maximum absolute atomic E-state index is 12.5. The number of fused-ring (bicyclic) bond motifs is 2. The van der Waals surface area contributed by atoms with Crippen molar-refractivity contribution < 1.29 is 49.7 Å². The van der Waals surface area contributed by atoms with Gasteiger partial charge in [0.2, 0.25) is 5.43 Å². The molecule has 0 fully saturated rings. The number of phenols is 6. The van der Waals surface area contributed by atoms with Crippen molar-refractivity contribution in [3.8, 4) is 51.4 Å². The standard InChI is InChI=1S/C15H12O5.C15H10O5.CH4O/c2*16-9-3-1-8(2-4-9)11-7-20-13-6-10(17)5-12(18)14(13)15(11)19;1-2/h1-6,11,16-18H,7H2;1-7,16-18H;2H,1H3. The van der Waals surface area contributed by atoms with E-state index in [4.69, 9.17) is 14.3 Å². The quantitative estimate of drug-likeness (QED) is 0.158. The van der Waals surface area contributed by atoms with Crippen LogP contribution in [0, 0.1) is 0 Å². The Balaban J connectivity index is 0.000000182. The van der Waals surface area contributed by atoms with Crippen LogP contribution in [0.15, 0.2) is 88.3 Å². The lowest BCUT2D eigenvalue weighted by Crippen LogP contribution is -2.26. The number of benzene rings is 4. The largest absolute Gasteiger partial charge is 0.508 e. The zero-order valence-electron chi connectivity index (χ0n) is 22.1. The number of aliphatic hydroxyl groups excluding tert-OH is 1. The van der Waals surface area contributed by atoms with Crippen molar-refractivity contribution >= 4 is 16.8 Å². The van der Waals surface area contributed by atoms with E-state index in [0.29, 0.717) is 11.1 Å². The van der Waals surface area contributed by atoms with Gasteiger partial charge >= 0.3 is 0 Å². The molecule has 0 radical (unpaired) electrons. The Hall–Kier alpha value is -5.68. The lowest BCUT2D eigenvalue weighted by molar-refractivity contribution is 0.0892. The summed E-state index contributed by atoms with van der Waals surface area (Å²) in [6.07, 6.45) is 1.26. The van der Waals surface area contributed by atoms with Gasteiger partial charge in [-0.1, -0.05) is 24.3 Å². The van der Waals surface area contributed by atoms with Crippen LogP contribution in [0.5, 0.6) is 40.2 Å². The van der Waals surface area contributed by atoms with Crippen molar-refractivity contribution in [2.75, 3.05) is 13.7 Å². The SMILES string of the molecule is CO.O=C1c2c(O)cc(O)cc2OCC1c1ccc(O)cc1.O=c1c(-c2ccc(O)cc2)coc2cc(O)cc(O)c12. The van der Waals surface area contributed by atoms with Crippen LogP contribution in [-0.4, -0.2) is 55.2 Å². The van der Waals surface area contributed by atoms with E-state index in [1.807, 2.05) is 0 Å². The van der Waals surface area contributed by atoms with E-state index in [1.54, 1.807) is 24.3 Å². The van der Waals surface area contributed by atoms with Gasteiger partial charge in [0.25, 0.3) is 0 Å². The molecule has 6 rings (SSSR count). The summed E-state index contributed by atoms with van der Waals surface area (Å²) >= 11 is 0. The Morgan fingerprint density at radius 1 is 0.690 bits per heavy atom. The minimum atomic E-state index is -0.543. The van der Waals surface area contributed by atoms with Crippen molar-refractivity contribution in [3.63, 3.8) is 0 Å². The molecule has 1 aliphatic heterocycles. The predicted octanol–water partition coefficient (Wildman–Crippen LogP) is 4.35. The van der Waals surface area contributed by atoms with Crippen LogP contribution >= 0.6 is 0 Å². The van der Waals surface area contributed by atoms with Gasteiger partial charge in [-0.3, -0.25) is 9.59 Å². The Morgan fingerprint density at radius 2 is 1.26 bits per heavy atom. The van der Waals surface area contributed by atoms with Crippen molar-refractivity contribution in [2.45, 2.75) is 5.92 Å². The third-order valence-corrected chi connectivity index (χ3v) is 6.35. The molecular formula is C31H26O11. The van der Waals surface area contributed by atoms with Crippen LogP contribution in [-0.2, 0) is 0 Å². The highest BCUT2D eigenvalue weighted by atomic mass is 16.5. The van der Waals surface area contributed by atoms with Crippen molar-refractivity contribution in [1.29, 1.82) is 0 Å². The second-order valence-corrected chi connectivity index (χ2v) is 9.02. The number of hydrogen-bond donors (Lipinski definition) is 7. The average Bonchev–Trinajstić information content (AvgIpc) is 2.95. The molecule has 1 aliphatic rings. The Bertz CT molecular complexity index is 1790. The van der Waals surface area contributed by atoms with E-state index < -0.39 is 11.3 Å². The number of aromatic hydroxyl groups is 6. The van der Waals surface area contributed by atoms with Gasteiger partial charge in [-0.25, -0.2) is 0 Å². The minimum absolute atomic E-state index is 0.00775. The third kappa shape index (κ3) is 5.91. The summed E-state index contributed by atoms with van der Waals surface area (Å²) in [6.45, 7) is 0.125. The number of hydrogen-bond acceptors (Lipinski definition) is 11. The number of carbonyl (C=O) groups is 1. The molecule has 0 amide bonds. The summed E-state index contributed by atoms with van der Waals surface area (Å²) in [5.74, 6) is -1.40. The van der Waals surface area contributed by atoms with E-state index >= 15 is 0 Å². The number of phenolic OH excluding ortho intramolecular Hbond substituents is 6. The van der Waals surface area contributed by atoms with Crippen molar-refractivity contribution in [2.24, 2.45) is 0 Å². The smallest absolute Gasteiger partial charge is 0.204 e. The summed E-state index contributed by atoms with van der Waals surface area (Å²) in [7, 11) is 1.00. The van der Waals surface area contributed by atoms with Crippen LogP contribution < -0.4 is 10.2 Å². The monoisotopic (exact) mass is 574 g/mol. The molecule has 0 saturated heterocycles. The maximum Gasteiger partial charge on any atom is 0.204 e. The van der Waals surface area contributed by atoms with Crippen LogP contribution in [0.3, 0.4) is 0 Å². The number of aliphatic hydroxyl groups is 1. The lowest BCUT2D eigenvalue weighted by atomic mass is 9.88. The van der Waals surface area contributed by atoms with Gasteiger partial charge in [0, 0.05) is 31.4 Å². The fraction of sp³-hybridized carbons (Fsp3) is 0.0968. The first kappa shape index (κ1) is 29.3. The second kappa shape index (κ2) is 12.2. The highest BCUT2D eigenvalue weighted by molar-refractivity contribution is 6.06. The van der Waals surface area contributed by atoms with Gasteiger partial charge in [0.15, 0.2) is 5.78 Å². The van der Waals surface area contributed by atoms with Gasteiger partial charge in [-0.2, -0.15) is 0 Å². The number of rotatable bonds is 2. The van der Waals surface area contributed by atoms with E-state index in [9.17, 15) is 40.2 Å². The summed E-state index contributed by atoms with van der Waals surface area (Å²) in [6, 6.07) is 17.1. The lowest BCUT2D eigenvalue weighted by Gasteiger charge is -2.25. The first-order chi connectivity index (χ1) is 20.1. The first-order valence-corrected chi connectivity index (χ1v) is 12.4. The molecule has 11 heteroatoms. The molecule has 1 unspecified atom stereocenters. The summed E-state index contributed by atoms with van der Waals surface area (Å²) in [5, 5.41) is 63.9. The molecule has 0 spiro atoms. The summed E-state index contributed by atoms with van der Waals surface area (Å²) < 4.78 is 10.7. The highest BCUT2D eigenvalue weighted by Gasteiger charge is 2.33. The van der Waals surface area contributed by atoms with E-state index in [-0.39, 0.29) is 74.7 Å². The molecule has 0 saturated carbocycles. The molecule has 4 aromatic carbocycles. The first-order valence-electron chi connectivity index (χ1n) is 12.4. The number of Topliss-reactive ketones (excluding diaryl/α,β-unsaturated/α-hetero) is 1. The summed E-state index contributed by atoms with van der Waals surface area (Å²) in [5.41, 5.74) is 1.30. The van der Waals surface area contributed by atoms with Crippen LogP contribution in [0.1, 0.15) is 21.8 Å². The van der Waals surface area contributed by atoms with Crippen LogP contribution in [0.4, 0.5) is 0 Å². The predicted molar refractivity (Wildman–Crippen MR) is 152 cm³/mol. The molecule has 1 atom stereocenters. The molecular weight excluding hydrogens is 548 g/mol. The topological polar surface area (TPSA) is 198 Å². The fourth-order valence-electron chi connectivity index (χ4n) is 4.38. The number of ether oxygens (including phenoxy) is 1. The minimum Gasteiger partial charge on any atom is -0.508 e. The fourth-order valence-corrected chi connectivity index (χ4v) is 4.38. The Morgan fingerprint density at radius 3 is 1.90 bits per heavy atom. The zero-order chi connectivity index (χ0) is 30.6. The van der Waals surface area contributed by atoms with Crippen molar-refractivity contribution in [1.82, 2.24) is 0 Å².